The molecule has 0 saturated heterocycles. The summed E-state index contributed by atoms with van der Waals surface area (Å²) in [6, 6.07) is 95.8. The molecule has 1 N–H and O–H groups in total. The minimum absolute atomic E-state index is 0.572. The van der Waals surface area contributed by atoms with Crippen molar-refractivity contribution in [2.24, 2.45) is 0 Å². The van der Waals surface area contributed by atoms with Crippen molar-refractivity contribution in [3.05, 3.63) is 305 Å². The molecule has 1 aliphatic rings. The van der Waals surface area contributed by atoms with Crippen LogP contribution in [0.25, 0.3) is 210 Å². The van der Waals surface area contributed by atoms with Gasteiger partial charge in [-0.1, -0.05) is 149 Å². The number of hydrogen-bond donors (Lipinski definition) is 1. The van der Waals surface area contributed by atoms with Crippen LogP contribution in [-0.4, -0.2) is 12.7 Å². The molecule has 0 bridgehead atoms. The molecule has 1 aliphatic carbocycles. The van der Waals surface area contributed by atoms with Gasteiger partial charge in [0.2, 0.25) is 5.76 Å². The van der Waals surface area contributed by atoms with Gasteiger partial charge < -0.3 is 40.6 Å². The molecule has 9 nitrogen and oxygen atoms in total. The van der Waals surface area contributed by atoms with E-state index in [1.54, 1.807) is 6.07 Å². The summed E-state index contributed by atoms with van der Waals surface area (Å²) in [6.07, 6.45) is 6.97. The zero-order valence-corrected chi connectivity index (χ0v) is 56.9. The summed E-state index contributed by atoms with van der Waals surface area (Å²) in [5, 5.41) is 22.5. The Morgan fingerprint density at radius 1 is 0.284 bits per heavy atom. The molecule has 1 radical (unpaired) electrons. The number of halogens is 2. The summed E-state index contributed by atoms with van der Waals surface area (Å²) in [4.78, 5) is 0. The van der Waals surface area contributed by atoms with Crippen LogP contribution in [0.2, 0.25) is 0 Å². The predicted molar refractivity (Wildman–Crippen MR) is 421 cm³/mol. The van der Waals surface area contributed by atoms with Crippen molar-refractivity contribution >= 4 is 194 Å². The van der Waals surface area contributed by atoms with Gasteiger partial charge in [-0.15, -0.1) is 0 Å². The van der Waals surface area contributed by atoms with Crippen molar-refractivity contribution in [1.29, 1.82) is 0 Å². The minimum Gasteiger partial charge on any atom is -0.537 e. The minimum atomic E-state index is 0.572. The van der Waals surface area contributed by atoms with Crippen LogP contribution in [0, 0.1) is 6.08 Å². The van der Waals surface area contributed by atoms with Crippen molar-refractivity contribution in [3.8, 4) is 61.4 Å². The van der Waals surface area contributed by atoms with E-state index < -0.39 is 0 Å². The van der Waals surface area contributed by atoms with Crippen LogP contribution in [0.3, 0.4) is 0 Å². The Bertz CT molecular complexity index is 7040. The zero-order chi connectivity index (χ0) is 67.7. The fourth-order valence-electron chi connectivity index (χ4n) is 14.7. The van der Waals surface area contributed by atoms with E-state index in [1.165, 1.54) is 22.3 Å². The van der Waals surface area contributed by atoms with Gasteiger partial charge in [-0.25, -0.2) is 0 Å². The second-order valence-electron chi connectivity index (χ2n) is 25.5. The molecule has 0 saturated carbocycles. The first-order valence-corrected chi connectivity index (χ1v) is 34.9. The highest BCUT2D eigenvalue weighted by molar-refractivity contribution is 9.12. The lowest BCUT2D eigenvalue weighted by atomic mass is 9.98. The van der Waals surface area contributed by atoms with Gasteiger partial charge in [0.15, 0.2) is 10.1 Å². The number of fused-ring (bicyclic) bond motifs is 23. The molecule has 0 spiro atoms. The van der Waals surface area contributed by atoms with Crippen molar-refractivity contribution in [3.63, 3.8) is 0 Å². The van der Waals surface area contributed by atoms with Gasteiger partial charge in [0.25, 0.3) is 0 Å². The van der Waals surface area contributed by atoms with Gasteiger partial charge in [0.05, 0.1) is 17.5 Å². The molecule has 102 heavy (non-hydrogen) atoms. The summed E-state index contributed by atoms with van der Waals surface area (Å²) in [5.41, 5.74) is 23.5. The lowest BCUT2D eigenvalue weighted by Crippen LogP contribution is -1.98. The number of benzene rings is 14. The topological polar surface area (TPSA) is 121 Å². The second-order valence-corrected chi connectivity index (χ2v) is 27.3. The van der Waals surface area contributed by atoms with E-state index in [-0.39, 0.29) is 0 Å². The van der Waals surface area contributed by atoms with Crippen molar-refractivity contribution < 1.29 is 40.6 Å². The standard InChI is InChI=1S/C54H30O4.C18H12BO3.C18H7Br2O2/c1-3-7-31(8-4-1)33-11-18-46-41(25-33)43-28-36(13-20-48(43)55-46)35-15-22-50-40(27-35)39-17-24-52-53(54(39)58-50)45-30-38(16-23-51(45)57-52)37-14-21-49-44(29-37)42-26-34(12-19-47(42)56-49)32-9-5-2-6-10-32;20-19-22-14-7-9-18-16(11-14)15-10-13(6-8-17(15)21-18)12-4-2-1-3-5-12;19-9-1-4-14-12(7-9)11-3-6-16-17(18(11)22-14)13-8-10(20)2-5-15(13)21-16/h1-30H;1-11,20H;1,3-8H/q;;+1. The molecule has 21 aromatic rings. The van der Waals surface area contributed by atoms with Crippen LogP contribution in [0.15, 0.2) is 319 Å². The highest BCUT2D eigenvalue weighted by Gasteiger charge is 2.27. The first-order chi connectivity index (χ1) is 50.2. The predicted octanol–water partition coefficient (Wildman–Crippen LogP) is 26.8. The Morgan fingerprint density at radius 2 is 0.618 bits per heavy atom. The summed E-state index contributed by atoms with van der Waals surface area (Å²) in [5.74, 6) is 1.38. The smallest absolute Gasteiger partial charge is 0.537 e. The van der Waals surface area contributed by atoms with Gasteiger partial charge in [-0.2, -0.15) is 0 Å². The van der Waals surface area contributed by atoms with Gasteiger partial charge in [0.1, 0.15) is 89.8 Å². The summed E-state index contributed by atoms with van der Waals surface area (Å²) >= 11 is 7.00. The first kappa shape index (κ1) is 59.6. The molecule has 0 unspecified atom stereocenters. The molecular formula is C90H49BBr2O9+. The van der Waals surface area contributed by atoms with E-state index in [9.17, 15) is 0 Å². The number of furan rings is 7. The monoisotopic (exact) mass is 1440 g/mol. The largest absolute Gasteiger partial charge is 0.569 e. The normalized spacial score (nSPS) is 12.2. The van der Waals surface area contributed by atoms with E-state index in [0.29, 0.717) is 13.4 Å². The molecule has 12 heteroatoms. The SMILES string of the molecule is BrC1=Cc2c(oc3ccc4c5cc(Br)ccc5oc4c23)C=[C+]1.O[B]Oc1ccc2oc3ccc(-c4ccccc4)cc3c2c1.c1ccc(-c2ccc3oc4ccc(-c5ccc6oc7c(ccc8oc9ccc(-c%10ccc%11oc%12ccc(-c%13ccccc%13)cc%12c%11c%10)cc9c87)c6c5)cc4c3c2)cc1. The molecule has 0 aliphatic heterocycles. The van der Waals surface area contributed by atoms with Crippen LogP contribution in [-0.2, 0) is 0 Å². The van der Waals surface area contributed by atoms with E-state index in [0.717, 1.165) is 196 Å². The third kappa shape index (κ3) is 10.1. The number of hydrogen-bond acceptors (Lipinski definition) is 9. The fourth-order valence-corrected chi connectivity index (χ4v) is 15.4. The van der Waals surface area contributed by atoms with Crippen LogP contribution >= 0.6 is 31.9 Å². The third-order valence-corrected chi connectivity index (χ3v) is 20.5. The first-order valence-electron chi connectivity index (χ1n) is 33.3. The van der Waals surface area contributed by atoms with Crippen molar-refractivity contribution in [1.82, 2.24) is 0 Å². The summed E-state index contributed by atoms with van der Waals surface area (Å²) in [7, 11) is 0.679. The quantitative estimate of drug-likeness (QED) is 0.123. The van der Waals surface area contributed by atoms with E-state index in [1.807, 2.05) is 78.9 Å². The molecule has 0 amide bonds. The molecular weight excluding hydrogens is 1400 g/mol. The Balaban J connectivity index is 0.000000128. The molecule has 22 rings (SSSR count). The van der Waals surface area contributed by atoms with Gasteiger partial charge in [-0.3, -0.25) is 0 Å². The Hall–Kier alpha value is -12.4. The van der Waals surface area contributed by atoms with Crippen LogP contribution in [0.5, 0.6) is 5.75 Å². The van der Waals surface area contributed by atoms with E-state index >= 15 is 0 Å². The maximum atomic E-state index is 8.78. The zero-order valence-electron chi connectivity index (χ0n) is 53.8. The molecule has 7 aromatic heterocycles. The average molecular weight is 1440 g/mol. The summed E-state index contributed by atoms with van der Waals surface area (Å²) in [6.45, 7) is 0. The van der Waals surface area contributed by atoms with E-state index in [2.05, 4.69) is 244 Å². The van der Waals surface area contributed by atoms with E-state index in [4.69, 9.17) is 40.6 Å². The molecule has 479 valence electrons. The fraction of sp³-hybridized carbons (Fsp3) is 0. The number of allylic oxidation sites excluding steroid dienone is 2. The van der Waals surface area contributed by atoms with Gasteiger partial charge >= 0.3 is 7.69 Å². The lowest BCUT2D eigenvalue weighted by Gasteiger charge is -2.03. The van der Waals surface area contributed by atoms with Crippen molar-refractivity contribution in [2.45, 2.75) is 0 Å². The molecule has 0 atom stereocenters. The third-order valence-electron chi connectivity index (χ3n) is 19.6. The van der Waals surface area contributed by atoms with Crippen LogP contribution < -0.4 is 4.65 Å². The number of rotatable bonds is 7. The Kier molecular flexibility index (Phi) is 14.0. The molecule has 14 aromatic carbocycles. The molecule has 0 fully saturated rings. The van der Waals surface area contributed by atoms with Crippen molar-refractivity contribution in [2.75, 3.05) is 0 Å². The maximum Gasteiger partial charge on any atom is 0.569 e. The van der Waals surface area contributed by atoms with Gasteiger partial charge in [-0.05, 0) is 217 Å². The second kappa shape index (κ2) is 23.9. The van der Waals surface area contributed by atoms with Crippen LogP contribution in [0.1, 0.15) is 11.3 Å². The lowest BCUT2D eigenvalue weighted by molar-refractivity contribution is 0.454. The van der Waals surface area contributed by atoms with Crippen LogP contribution in [0.4, 0.5) is 0 Å². The maximum absolute atomic E-state index is 8.78. The summed E-state index contributed by atoms with van der Waals surface area (Å²) < 4.78 is 50.5. The highest BCUT2D eigenvalue weighted by Crippen LogP contribution is 2.46. The highest BCUT2D eigenvalue weighted by atomic mass is 79.9. The average Bonchev–Trinajstić information content (AvgIpc) is 1.58. The Labute approximate surface area is 597 Å². The van der Waals surface area contributed by atoms with Gasteiger partial charge in [0, 0.05) is 63.7 Å². The molecule has 7 heterocycles. The Morgan fingerprint density at radius 3 is 1.07 bits per heavy atom.